The molecule has 0 aromatic carbocycles. The van der Waals surface area contributed by atoms with Crippen LogP contribution in [0, 0.1) is 11.8 Å². The average molecular weight is 557 g/mol. The normalized spacial score (nSPS) is 19.7. The molecule has 39 heavy (non-hydrogen) atoms. The molecule has 0 radical (unpaired) electrons. The van der Waals surface area contributed by atoms with E-state index in [0.717, 1.165) is 13.0 Å². The highest BCUT2D eigenvalue weighted by Gasteiger charge is 2.35. The van der Waals surface area contributed by atoms with Gasteiger partial charge in [-0.1, -0.05) is 34.1 Å². The quantitative estimate of drug-likeness (QED) is 0.103. The van der Waals surface area contributed by atoms with E-state index in [2.05, 4.69) is 26.6 Å². The lowest BCUT2D eigenvalue weighted by Crippen LogP contribution is -2.61. The number of carbonyl (C=O) groups is 5. The van der Waals surface area contributed by atoms with Crippen LogP contribution in [0.3, 0.4) is 0 Å². The lowest BCUT2D eigenvalue weighted by atomic mass is 9.98. The predicted octanol–water partition coefficient (Wildman–Crippen LogP) is -1.03. The number of nitrogens with one attached hydrogen (secondary N) is 5. The van der Waals surface area contributed by atoms with Gasteiger partial charge < -0.3 is 42.5 Å². The molecular weight excluding hydrogens is 508 g/mol. The van der Waals surface area contributed by atoms with Gasteiger partial charge in [-0.2, -0.15) is 0 Å². The summed E-state index contributed by atoms with van der Waals surface area (Å²) in [6, 6.07) is -5.01. The minimum atomic E-state index is -1.45. The number of rotatable bonds is 17. The minimum Gasteiger partial charge on any atom is -0.480 e. The van der Waals surface area contributed by atoms with E-state index in [4.69, 9.17) is 5.73 Å². The molecule has 1 aliphatic rings. The fourth-order valence-corrected chi connectivity index (χ4v) is 4.31. The second-order valence-corrected chi connectivity index (χ2v) is 10.7. The van der Waals surface area contributed by atoms with Crippen LogP contribution < -0.4 is 32.3 Å². The minimum absolute atomic E-state index is 0.205. The lowest BCUT2D eigenvalue weighted by Gasteiger charge is -2.29. The Morgan fingerprint density at radius 2 is 1.51 bits per heavy atom. The number of hydrogen-bond donors (Lipinski definition) is 8. The fraction of sp³-hybridized carbons (Fsp3) is 0.808. The van der Waals surface area contributed by atoms with E-state index >= 15 is 0 Å². The van der Waals surface area contributed by atoms with Crippen LogP contribution in [0.1, 0.15) is 73.1 Å². The summed E-state index contributed by atoms with van der Waals surface area (Å²) in [6.45, 7) is 9.42. The van der Waals surface area contributed by atoms with E-state index in [-0.39, 0.29) is 30.2 Å². The van der Waals surface area contributed by atoms with Crippen molar-refractivity contribution in [1.29, 1.82) is 0 Å². The van der Waals surface area contributed by atoms with Crippen molar-refractivity contribution in [2.24, 2.45) is 17.6 Å². The first-order valence-electron chi connectivity index (χ1n) is 13.9. The molecule has 0 aliphatic carbocycles. The molecule has 0 aromatic rings. The van der Waals surface area contributed by atoms with Crippen molar-refractivity contribution in [3.8, 4) is 0 Å². The second kappa shape index (κ2) is 17.0. The van der Waals surface area contributed by atoms with Crippen molar-refractivity contribution in [2.45, 2.75) is 109 Å². The van der Waals surface area contributed by atoms with Crippen molar-refractivity contribution >= 4 is 29.6 Å². The summed E-state index contributed by atoms with van der Waals surface area (Å²) in [7, 11) is 0. The number of aliphatic hydroxyl groups excluding tert-OH is 1. The molecule has 13 nitrogen and oxygen atoms in total. The van der Waals surface area contributed by atoms with Gasteiger partial charge in [-0.25, -0.2) is 4.79 Å². The van der Waals surface area contributed by atoms with Crippen molar-refractivity contribution < 1.29 is 34.2 Å². The standard InChI is InChI=1S/C26H48N6O7/c1-6-15(4)20(26(38)39)31-25(37)21(16(5)33)32-23(35)18(10-7-8-12-27)29-24(36)19(14(2)3)30-22(34)17-11-9-13-28-17/h14-21,28,33H,6-13,27H2,1-5H3,(H,29,36)(H,30,34)(H,31,37)(H,32,35)(H,38,39)/t15-,16+,17-,18-,19-,20-,21-/m0/s1. The van der Waals surface area contributed by atoms with Crippen LogP contribution in [0.2, 0.25) is 0 Å². The molecule has 1 saturated heterocycles. The third-order valence-electron chi connectivity index (χ3n) is 7.04. The molecule has 0 bridgehead atoms. The molecule has 13 heteroatoms. The van der Waals surface area contributed by atoms with Crippen molar-refractivity contribution in [3.63, 3.8) is 0 Å². The molecule has 1 aliphatic heterocycles. The third kappa shape index (κ3) is 11.1. The Kier molecular flexibility index (Phi) is 15.0. The Hall–Kier alpha value is -2.77. The van der Waals surface area contributed by atoms with Gasteiger partial charge in [0.1, 0.15) is 24.2 Å². The van der Waals surface area contributed by atoms with Gasteiger partial charge in [0.2, 0.25) is 23.6 Å². The van der Waals surface area contributed by atoms with Gasteiger partial charge >= 0.3 is 5.97 Å². The van der Waals surface area contributed by atoms with E-state index in [1.54, 1.807) is 27.7 Å². The molecule has 9 N–H and O–H groups in total. The Balaban J connectivity index is 3.03. The molecule has 7 atom stereocenters. The lowest BCUT2D eigenvalue weighted by molar-refractivity contribution is -0.144. The number of carboxylic acids is 1. The van der Waals surface area contributed by atoms with Gasteiger partial charge in [0.05, 0.1) is 12.1 Å². The Morgan fingerprint density at radius 3 is 2.00 bits per heavy atom. The highest BCUT2D eigenvalue weighted by molar-refractivity contribution is 5.95. The molecule has 0 aromatic heterocycles. The fourth-order valence-electron chi connectivity index (χ4n) is 4.31. The van der Waals surface area contributed by atoms with Gasteiger partial charge in [0, 0.05) is 0 Å². The van der Waals surface area contributed by atoms with E-state index in [0.29, 0.717) is 32.2 Å². The van der Waals surface area contributed by atoms with Crippen LogP contribution >= 0.6 is 0 Å². The van der Waals surface area contributed by atoms with Gasteiger partial charge in [0.25, 0.3) is 0 Å². The van der Waals surface area contributed by atoms with Crippen molar-refractivity contribution in [2.75, 3.05) is 13.1 Å². The van der Waals surface area contributed by atoms with E-state index < -0.39 is 54.0 Å². The summed E-state index contributed by atoms with van der Waals surface area (Å²) in [6.07, 6.45) is 1.97. The SMILES string of the molecule is CC[C@H](C)[C@H](NC(=O)[C@@H](NC(=O)[C@H](CCCCN)NC(=O)[C@@H](NC(=O)[C@@H]1CCCN1)C(C)C)[C@@H](C)O)C(=O)O. The smallest absolute Gasteiger partial charge is 0.326 e. The maximum Gasteiger partial charge on any atom is 0.326 e. The van der Waals surface area contributed by atoms with Gasteiger partial charge in [-0.15, -0.1) is 0 Å². The summed E-state index contributed by atoms with van der Waals surface area (Å²) >= 11 is 0. The number of unbranched alkanes of at least 4 members (excludes halogenated alkanes) is 1. The molecule has 1 heterocycles. The summed E-state index contributed by atoms with van der Waals surface area (Å²) in [5.41, 5.74) is 5.59. The maximum absolute atomic E-state index is 13.3. The van der Waals surface area contributed by atoms with E-state index in [1.165, 1.54) is 6.92 Å². The number of carboxylic acid groups (broad SMARTS) is 1. The Labute approximate surface area is 230 Å². The first-order valence-corrected chi connectivity index (χ1v) is 13.9. The predicted molar refractivity (Wildman–Crippen MR) is 145 cm³/mol. The summed E-state index contributed by atoms with van der Waals surface area (Å²) in [4.78, 5) is 63.7. The molecule has 0 spiro atoms. The van der Waals surface area contributed by atoms with Crippen molar-refractivity contribution in [1.82, 2.24) is 26.6 Å². The number of aliphatic hydroxyl groups is 1. The molecule has 0 unspecified atom stereocenters. The molecule has 0 saturated carbocycles. The monoisotopic (exact) mass is 556 g/mol. The van der Waals surface area contributed by atoms with Gasteiger partial charge in [-0.3, -0.25) is 19.2 Å². The summed E-state index contributed by atoms with van der Waals surface area (Å²) < 4.78 is 0. The summed E-state index contributed by atoms with van der Waals surface area (Å²) in [5.74, 6) is -4.29. The maximum atomic E-state index is 13.3. The van der Waals surface area contributed by atoms with E-state index in [1.807, 2.05) is 0 Å². The number of amides is 4. The highest BCUT2D eigenvalue weighted by atomic mass is 16.4. The molecule has 1 fully saturated rings. The van der Waals surface area contributed by atoms with Crippen LogP contribution in [0.5, 0.6) is 0 Å². The van der Waals surface area contributed by atoms with Crippen molar-refractivity contribution in [3.05, 3.63) is 0 Å². The topological polar surface area (TPSA) is 212 Å². The first kappa shape index (κ1) is 34.3. The van der Waals surface area contributed by atoms with Crippen LogP contribution in [0.15, 0.2) is 0 Å². The zero-order valence-electron chi connectivity index (χ0n) is 23.8. The van der Waals surface area contributed by atoms with Crippen LogP contribution in [-0.4, -0.2) is 89.2 Å². The molecule has 4 amide bonds. The van der Waals surface area contributed by atoms with Crippen LogP contribution in [0.4, 0.5) is 0 Å². The molecule has 1 rings (SSSR count). The highest BCUT2D eigenvalue weighted by Crippen LogP contribution is 2.11. The largest absolute Gasteiger partial charge is 0.480 e. The summed E-state index contributed by atoms with van der Waals surface area (Å²) in [5, 5.41) is 33.2. The number of hydrogen-bond acceptors (Lipinski definition) is 8. The molecular formula is C26H48N6O7. The zero-order chi connectivity index (χ0) is 29.7. The third-order valence-corrected chi connectivity index (χ3v) is 7.04. The number of nitrogens with two attached hydrogens (primary N) is 1. The second-order valence-electron chi connectivity index (χ2n) is 10.7. The van der Waals surface area contributed by atoms with E-state index in [9.17, 15) is 34.2 Å². The average Bonchev–Trinajstić information content (AvgIpc) is 3.42. The van der Waals surface area contributed by atoms with Crippen LogP contribution in [0.25, 0.3) is 0 Å². The first-order chi connectivity index (χ1) is 18.3. The van der Waals surface area contributed by atoms with Gasteiger partial charge in [-0.05, 0) is 64.0 Å². The number of aliphatic carboxylic acids is 1. The Morgan fingerprint density at radius 1 is 0.897 bits per heavy atom. The number of carbonyl (C=O) groups excluding carboxylic acids is 4. The van der Waals surface area contributed by atoms with Gasteiger partial charge in [0.15, 0.2) is 0 Å². The Bertz CT molecular complexity index is 832. The van der Waals surface area contributed by atoms with Crippen LogP contribution in [-0.2, 0) is 24.0 Å². The zero-order valence-corrected chi connectivity index (χ0v) is 23.8. The molecule has 224 valence electrons.